The zero-order valence-corrected chi connectivity index (χ0v) is 23.5. The molecule has 11 nitrogen and oxygen atoms in total. The number of ether oxygens (including phenoxy) is 3. The molecule has 1 heterocycles. The van der Waals surface area contributed by atoms with Crippen molar-refractivity contribution in [3.05, 3.63) is 64.2 Å². The molecule has 0 bridgehead atoms. The normalized spacial score (nSPS) is 13.9. The number of nitrogens with two attached hydrogens (primary N) is 2. The molecule has 12 heteroatoms. The Hall–Kier alpha value is -4.32. The minimum Gasteiger partial charge on any atom is -0.497 e. The van der Waals surface area contributed by atoms with Gasteiger partial charge in [-0.15, -0.1) is 0 Å². The maximum Gasteiger partial charge on any atom is 0.270 e. The van der Waals surface area contributed by atoms with E-state index in [1.54, 1.807) is 49.6 Å². The van der Waals surface area contributed by atoms with Gasteiger partial charge in [-0.3, -0.25) is 14.4 Å². The summed E-state index contributed by atoms with van der Waals surface area (Å²) >= 11 is 0.758. The van der Waals surface area contributed by atoms with Crippen molar-refractivity contribution in [3.8, 4) is 17.2 Å². The largest absolute Gasteiger partial charge is 0.497 e. The fourth-order valence-corrected chi connectivity index (χ4v) is 5.58. The molecule has 0 saturated heterocycles. The zero-order valence-electron chi connectivity index (χ0n) is 22.6. The minimum atomic E-state index is -1.14. The lowest BCUT2D eigenvalue weighted by molar-refractivity contribution is -0.126. The highest BCUT2D eigenvalue weighted by Crippen LogP contribution is 2.37. The number of carbonyl (C=O) groups is 3. The summed E-state index contributed by atoms with van der Waals surface area (Å²) < 4.78 is 20.4. The van der Waals surface area contributed by atoms with Crippen LogP contribution in [0.25, 0.3) is 0 Å². The van der Waals surface area contributed by atoms with Gasteiger partial charge in [-0.2, -0.15) is 4.37 Å². The summed E-state index contributed by atoms with van der Waals surface area (Å²) in [6.45, 7) is 0.0230. The second-order valence-electron chi connectivity index (χ2n) is 9.42. The molecule has 1 aromatic heterocycles. The Kier molecular flexibility index (Phi) is 9.10. The van der Waals surface area contributed by atoms with Gasteiger partial charge in [-0.1, -0.05) is 25.0 Å². The first-order chi connectivity index (χ1) is 19.3. The van der Waals surface area contributed by atoms with E-state index < -0.39 is 17.9 Å². The predicted molar refractivity (Wildman–Crippen MR) is 151 cm³/mol. The number of amides is 3. The van der Waals surface area contributed by atoms with Crippen molar-refractivity contribution in [2.75, 3.05) is 27.1 Å². The number of benzene rings is 2. The number of nitrogens with zero attached hydrogens (tertiary/aromatic N) is 2. The third-order valence-corrected chi connectivity index (χ3v) is 7.77. The first-order valence-electron chi connectivity index (χ1n) is 12.8. The van der Waals surface area contributed by atoms with Crippen LogP contribution in [0, 0.1) is 0 Å². The number of carbonyl (C=O) groups excluding carboxylic acids is 3. The van der Waals surface area contributed by atoms with E-state index in [0.29, 0.717) is 22.8 Å². The Morgan fingerprint density at radius 2 is 1.68 bits per heavy atom. The summed E-state index contributed by atoms with van der Waals surface area (Å²) in [5.41, 5.74) is 12.4. The van der Waals surface area contributed by atoms with Crippen LogP contribution in [0.5, 0.6) is 17.2 Å². The molecule has 1 aliphatic rings. The van der Waals surface area contributed by atoms with E-state index >= 15 is 0 Å². The molecule has 2 aromatic carbocycles. The fourth-order valence-electron chi connectivity index (χ4n) is 4.82. The van der Waals surface area contributed by atoms with Gasteiger partial charge in [0.05, 0.1) is 27.0 Å². The molecule has 0 spiro atoms. The zero-order chi connectivity index (χ0) is 28.8. The molecular weight excluding hydrogens is 534 g/mol. The van der Waals surface area contributed by atoms with E-state index in [1.807, 2.05) is 0 Å². The molecule has 0 aliphatic heterocycles. The van der Waals surface area contributed by atoms with Crippen LogP contribution in [0.4, 0.5) is 5.69 Å². The summed E-state index contributed by atoms with van der Waals surface area (Å²) in [7, 11) is 4.57. The second-order valence-corrected chi connectivity index (χ2v) is 10.2. The van der Waals surface area contributed by atoms with E-state index in [-0.39, 0.29) is 34.8 Å². The molecule has 3 amide bonds. The minimum absolute atomic E-state index is 0.00263. The Labute approximate surface area is 236 Å². The fraction of sp³-hybridized carbons (Fsp3) is 0.357. The molecule has 1 fully saturated rings. The van der Waals surface area contributed by atoms with Crippen molar-refractivity contribution in [1.29, 1.82) is 0 Å². The summed E-state index contributed by atoms with van der Waals surface area (Å²) in [5, 5.41) is 3.13. The van der Waals surface area contributed by atoms with Crippen LogP contribution in [-0.4, -0.2) is 54.4 Å². The van der Waals surface area contributed by atoms with Crippen LogP contribution in [0.3, 0.4) is 0 Å². The summed E-state index contributed by atoms with van der Waals surface area (Å²) in [6.07, 6.45) is 3.73. The van der Waals surface area contributed by atoms with Crippen molar-refractivity contribution in [3.63, 3.8) is 0 Å². The average molecular weight is 568 g/mol. The van der Waals surface area contributed by atoms with E-state index in [0.717, 1.165) is 42.8 Å². The molecule has 5 N–H and O–H groups in total. The lowest BCUT2D eigenvalue weighted by Crippen LogP contribution is -2.46. The van der Waals surface area contributed by atoms with Crippen LogP contribution in [0.15, 0.2) is 42.5 Å². The average Bonchev–Trinajstić information content (AvgIpc) is 3.62. The van der Waals surface area contributed by atoms with Gasteiger partial charge in [0.25, 0.3) is 11.8 Å². The standard InChI is InChI=1S/C28H33N5O6S/c1-37-18-10-8-16(9-11-18)15-33(28(36)25-22(29)23(26(30)34)32-40-25)24(27(35)31-17-6-4-5-7-17)20-14-19(38-2)12-13-21(20)39-3/h8-14,17,24H,4-7,15,29H2,1-3H3,(H2,30,34)(H,31,35)/t24-/m0/s1. The smallest absolute Gasteiger partial charge is 0.270 e. The van der Waals surface area contributed by atoms with Crippen LogP contribution in [-0.2, 0) is 11.3 Å². The summed E-state index contributed by atoms with van der Waals surface area (Å²) in [4.78, 5) is 41.6. The third-order valence-electron chi connectivity index (χ3n) is 6.92. The maximum absolute atomic E-state index is 14.2. The van der Waals surface area contributed by atoms with Crippen molar-refractivity contribution in [2.24, 2.45) is 5.73 Å². The third kappa shape index (κ3) is 6.12. The van der Waals surface area contributed by atoms with Crippen LogP contribution in [0.2, 0.25) is 0 Å². The Balaban J connectivity index is 1.87. The number of nitrogen functional groups attached to an aromatic ring is 1. The SMILES string of the molecule is COc1ccc(CN(C(=O)c2snc(C(N)=O)c2N)[C@H](C(=O)NC2CCCC2)c2cc(OC)ccc2OC)cc1. The van der Waals surface area contributed by atoms with Gasteiger partial charge in [0.1, 0.15) is 28.2 Å². The number of primary amides is 1. The van der Waals surface area contributed by atoms with Gasteiger partial charge in [0.2, 0.25) is 5.91 Å². The lowest BCUT2D eigenvalue weighted by atomic mass is 10.00. The van der Waals surface area contributed by atoms with Gasteiger partial charge in [-0.05, 0) is 60.3 Å². The summed E-state index contributed by atoms with van der Waals surface area (Å²) in [6, 6.07) is 11.1. The first-order valence-corrected chi connectivity index (χ1v) is 13.6. The topological polar surface area (TPSA) is 159 Å². The second kappa shape index (κ2) is 12.7. The van der Waals surface area contributed by atoms with E-state index in [9.17, 15) is 14.4 Å². The predicted octanol–water partition coefficient (Wildman–Crippen LogP) is 3.29. The molecule has 3 aromatic rings. The molecule has 40 heavy (non-hydrogen) atoms. The first kappa shape index (κ1) is 28.7. The van der Waals surface area contributed by atoms with Crippen molar-refractivity contribution < 1.29 is 28.6 Å². The van der Waals surface area contributed by atoms with Gasteiger partial charge >= 0.3 is 0 Å². The molecule has 4 rings (SSSR count). The number of hydrogen-bond acceptors (Lipinski definition) is 9. The number of hydrogen-bond donors (Lipinski definition) is 3. The monoisotopic (exact) mass is 567 g/mol. The molecular formula is C28H33N5O6S. The van der Waals surface area contributed by atoms with Crippen molar-refractivity contribution in [1.82, 2.24) is 14.6 Å². The molecule has 1 aliphatic carbocycles. The molecule has 0 radical (unpaired) electrons. The molecule has 1 atom stereocenters. The number of methoxy groups -OCH3 is 3. The molecule has 212 valence electrons. The van der Waals surface area contributed by atoms with Crippen molar-refractivity contribution >= 4 is 34.9 Å². The summed E-state index contributed by atoms with van der Waals surface area (Å²) in [5.74, 6) is -0.285. The van der Waals surface area contributed by atoms with Crippen molar-refractivity contribution in [2.45, 2.75) is 44.3 Å². The number of anilines is 1. The van der Waals surface area contributed by atoms with Gasteiger partial charge < -0.3 is 35.9 Å². The maximum atomic E-state index is 14.2. The Morgan fingerprint density at radius 1 is 1.02 bits per heavy atom. The van der Waals surface area contributed by atoms with Crippen LogP contribution < -0.4 is 31.0 Å². The quantitative estimate of drug-likeness (QED) is 0.318. The van der Waals surface area contributed by atoms with Crippen LogP contribution >= 0.6 is 11.5 Å². The van der Waals surface area contributed by atoms with Gasteiger partial charge in [0.15, 0.2) is 5.69 Å². The highest BCUT2D eigenvalue weighted by atomic mass is 32.1. The van der Waals surface area contributed by atoms with E-state index in [2.05, 4.69) is 9.69 Å². The number of rotatable bonds is 11. The molecule has 1 saturated carbocycles. The molecule has 0 unspecified atom stereocenters. The van der Waals surface area contributed by atoms with E-state index in [1.165, 1.54) is 19.1 Å². The van der Waals surface area contributed by atoms with Gasteiger partial charge in [0, 0.05) is 18.2 Å². The number of aromatic nitrogens is 1. The lowest BCUT2D eigenvalue weighted by Gasteiger charge is -2.33. The highest BCUT2D eigenvalue weighted by Gasteiger charge is 2.37. The number of nitrogens with one attached hydrogen (secondary N) is 1. The Bertz CT molecular complexity index is 1370. The van der Waals surface area contributed by atoms with Crippen LogP contribution in [0.1, 0.15) is 63.0 Å². The highest BCUT2D eigenvalue weighted by molar-refractivity contribution is 7.09. The Morgan fingerprint density at radius 3 is 2.25 bits per heavy atom. The van der Waals surface area contributed by atoms with E-state index in [4.69, 9.17) is 25.7 Å². The van der Waals surface area contributed by atoms with Gasteiger partial charge in [-0.25, -0.2) is 0 Å².